The van der Waals surface area contributed by atoms with Gasteiger partial charge in [-0.3, -0.25) is 4.79 Å². The summed E-state index contributed by atoms with van der Waals surface area (Å²) in [6, 6.07) is 11.6. The van der Waals surface area contributed by atoms with Crippen LogP contribution in [-0.2, 0) is 10.2 Å². The molecule has 0 aliphatic heterocycles. The molecule has 1 aromatic heterocycles. The van der Waals surface area contributed by atoms with Gasteiger partial charge in [0.05, 0.1) is 10.4 Å². The van der Waals surface area contributed by atoms with Crippen LogP contribution in [0.3, 0.4) is 0 Å². The molecule has 1 fully saturated rings. The summed E-state index contributed by atoms with van der Waals surface area (Å²) in [5.41, 5.74) is 0.223. The number of amides is 1. The second kappa shape index (κ2) is 8.43. The van der Waals surface area contributed by atoms with E-state index in [-0.39, 0.29) is 34.8 Å². The molecule has 0 atom stereocenters. The van der Waals surface area contributed by atoms with E-state index in [9.17, 15) is 9.18 Å². The van der Waals surface area contributed by atoms with Crippen LogP contribution in [0.15, 0.2) is 46.9 Å². The molecule has 1 amide bonds. The van der Waals surface area contributed by atoms with Gasteiger partial charge in [0.25, 0.3) is 5.91 Å². The van der Waals surface area contributed by atoms with Crippen molar-refractivity contribution in [3.63, 3.8) is 0 Å². The average Bonchev–Trinajstić information content (AvgIpc) is 3.17. The molecular formula is C23H23ClFN3O4. The third kappa shape index (κ3) is 4.85. The van der Waals surface area contributed by atoms with Crippen molar-refractivity contribution in [2.24, 2.45) is 0 Å². The van der Waals surface area contributed by atoms with Crippen molar-refractivity contribution in [2.75, 3.05) is 6.61 Å². The lowest BCUT2D eigenvalue weighted by Gasteiger charge is -2.51. The van der Waals surface area contributed by atoms with Gasteiger partial charge in [0, 0.05) is 11.6 Å². The second-order valence-corrected chi connectivity index (χ2v) is 9.09. The Kier molecular flexibility index (Phi) is 5.81. The summed E-state index contributed by atoms with van der Waals surface area (Å²) in [6.45, 7) is 5.67. The van der Waals surface area contributed by atoms with E-state index in [1.165, 1.54) is 12.1 Å². The fraction of sp³-hybridized carbons (Fsp3) is 0.348. The van der Waals surface area contributed by atoms with E-state index < -0.39 is 11.4 Å². The Morgan fingerprint density at radius 3 is 2.69 bits per heavy atom. The molecule has 1 heterocycles. The lowest BCUT2D eigenvalue weighted by Crippen LogP contribution is -2.61. The lowest BCUT2D eigenvalue weighted by molar-refractivity contribution is -0.127. The quantitative estimate of drug-likeness (QED) is 0.537. The number of nitrogens with zero attached hydrogens (tertiary/aromatic N) is 2. The van der Waals surface area contributed by atoms with Gasteiger partial charge in [-0.15, -0.1) is 5.10 Å². The first-order chi connectivity index (χ1) is 15.1. The summed E-state index contributed by atoms with van der Waals surface area (Å²) >= 11 is 5.65. The highest BCUT2D eigenvalue weighted by Crippen LogP contribution is 2.49. The SMILES string of the molecule is Cc1cccc(Oc2nnc(C3(C)CC(C)(NC(=O)COc4ccc(Cl)c(F)c4)C3)o2)c1. The van der Waals surface area contributed by atoms with Gasteiger partial charge in [-0.2, -0.15) is 0 Å². The standard InChI is InChI=1S/C23H23ClFN3O4/c1-14-5-4-6-16(9-14)31-21-28-27-20(32-21)22(2)12-23(3,13-22)26-19(29)11-30-15-7-8-17(24)18(25)10-15/h4-10H,11-13H2,1-3H3,(H,26,29). The number of aryl methyl sites for hydroxylation is 1. The molecule has 168 valence electrons. The zero-order chi connectivity index (χ0) is 22.9. The van der Waals surface area contributed by atoms with E-state index in [0.717, 1.165) is 11.6 Å². The molecule has 3 aromatic rings. The lowest BCUT2D eigenvalue weighted by atomic mass is 9.59. The summed E-state index contributed by atoms with van der Waals surface area (Å²) in [7, 11) is 0. The molecule has 1 N–H and O–H groups in total. The maximum absolute atomic E-state index is 13.5. The number of hydrogen-bond acceptors (Lipinski definition) is 6. The van der Waals surface area contributed by atoms with Crippen molar-refractivity contribution in [1.29, 1.82) is 0 Å². The van der Waals surface area contributed by atoms with E-state index >= 15 is 0 Å². The normalized spacial score (nSPS) is 22.2. The van der Waals surface area contributed by atoms with Gasteiger partial charge in [0.15, 0.2) is 6.61 Å². The van der Waals surface area contributed by atoms with E-state index in [1.807, 2.05) is 45.0 Å². The highest BCUT2D eigenvalue weighted by Gasteiger charge is 2.53. The summed E-state index contributed by atoms with van der Waals surface area (Å²) in [5.74, 6) is 0.407. The van der Waals surface area contributed by atoms with Crippen LogP contribution in [0.5, 0.6) is 17.6 Å². The molecule has 9 heteroatoms. The molecule has 0 unspecified atom stereocenters. The first-order valence-electron chi connectivity index (χ1n) is 10.1. The van der Waals surface area contributed by atoms with Crippen LogP contribution >= 0.6 is 11.6 Å². The van der Waals surface area contributed by atoms with Crippen molar-refractivity contribution in [1.82, 2.24) is 15.5 Å². The molecular weight excluding hydrogens is 437 g/mol. The Hall–Kier alpha value is -3.13. The molecule has 0 spiro atoms. The molecule has 0 bridgehead atoms. The summed E-state index contributed by atoms with van der Waals surface area (Å²) in [6.07, 6.45) is 1.29. The third-order valence-electron chi connectivity index (χ3n) is 5.38. The number of carbonyl (C=O) groups excluding carboxylic acids is 1. The maximum Gasteiger partial charge on any atom is 0.420 e. The fourth-order valence-electron chi connectivity index (χ4n) is 4.27. The smallest absolute Gasteiger partial charge is 0.420 e. The van der Waals surface area contributed by atoms with Crippen molar-refractivity contribution < 1.29 is 23.1 Å². The predicted molar refractivity (Wildman–Crippen MR) is 116 cm³/mol. The monoisotopic (exact) mass is 459 g/mol. The second-order valence-electron chi connectivity index (χ2n) is 8.68. The molecule has 4 rings (SSSR count). The Morgan fingerprint density at radius 2 is 1.97 bits per heavy atom. The van der Waals surface area contributed by atoms with E-state index in [1.54, 1.807) is 0 Å². The Bertz CT molecular complexity index is 1140. The highest BCUT2D eigenvalue weighted by molar-refractivity contribution is 6.30. The van der Waals surface area contributed by atoms with Crippen LogP contribution in [0.1, 0.15) is 38.1 Å². The maximum atomic E-state index is 13.5. The minimum Gasteiger partial charge on any atom is -0.484 e. The van der Waals surface area contributed by atoms with Crippen LogP contribution < -0.4 is 14.8 Å². The Balaban J connectivity index is 1.31. The number of halogens is 2. The summed E-state index contributed by atoms with van der Waals surface area (Å²) < 4.78 is 30.2. The van der Waals surface area contributed by atoms with Crippen LogP contribution in [-0.4, -0.2) is 28.3 Å². The number of benzene rings is 2. The zero-order valence-electron chi connectivity index (χ0n) is 17.9. The van der Waals surface area contributed by atoms with Gasteiger partial charge in [-0.1, -0.05) is 35.8 Å². The first kappa shape index (κ1) is 22.1. The predicted octanol–water partition coefficient (Wildman–Crippen LogP) is 4.97. The van der Waals surface area contributed by atoms with Crippen LogP contribution in [0.4, 0.5) is 4.39 Å². The van der Waals surface area contributed by atoms with Gasteiger partial charge in [-0.25, -0.2) is 4.39 Å². The molecule has 32 heavy (non-hydrogen) atoms. The van der Waals surface area contributed by atoms with Crippen molar-refractivity contribution in [3.8, 4) is 17.6 Å². The summed E-state index contributed by atoms with van der Waals surface area (Å²) in [4.78, 5) is 12.3. The first-order valence-corrected chi connectivity index (χ1v) is 10.5. The molecule has 1 aliphatic carbocycles. The molecule has 0 saturated heterocycles. The van der Waals surface area contributed by atoms with Gasteiger partial charge in [0.2, 0.25) is 5.89 Å². The van der Waals surface area contributed by atoms with E-state index in [0.29, 0.717) is 24.5 Å². The topological polar surface area (TPSA) is 86.5 Å². The Labute approximate surface area is 189 Å². The minimum atomic E-state index is -0.600. The van der Waals surface area contributed by atoms with Gasteiger partial charge in [-0.05, 0) is 56.5 Å². The molecule has 1 aliphatic rings. The number of hydrogen-bond donors (Lipinski definition) is 1. The number of rotatable bonds is 7. The fourth-order valence-corrected chi connectivity index (χ4v) is 4.39. The number of ether oxygens (including phenoxy) is 2. The average molecular weight is 460 g/mol. The number of carbonyl (C=O) groups is 1. The number of nitrogens with one attached hydrogen (secondary N) is 1. The third-order valence-corrected chi connectivity index (χ3v) is 5.69. The molecule has 2 aromatic carbocycles. The van der Waals surface area contributed by atoms with Crippen molar-refractivity contribution >= 4 is 17.5 Å². The Morgan fingerprint density at radius 1 is 1.19 bits per heavy atom. The minimum absolute atomic E-state index is 0.00321. The van der Waals surface area contributed by atoms with Gasteiger partial charge in [0.1, 0.15) is 17.3 Å². The molecule has 7 nitrogen and oxygen atoms in total. The van der Waals surface area contributed by atoms with Crippen molar-refractivity contribution in [2.45, 2.75) is 44.6 Å². The zero-order valence-corrected chi connectivity index (χ0v) is 18.7. The van der Waals surface area contributed by atoms with Gasteiger partial charge < -0.3 is 19.2 Å². The van der Waals surface area contributed by atoms with Crippen molar-refractivity contribution in [3.05, 3.63) is 64.8 Å². The largest absolute Gasteiger partial charge is 0.484 e. The van der Waals surface area contributed by atoms with E-state index in [2.05, 4.69) is 15.5 Å². The number of aromatic nitrogens is 2. The highest BCUT2D eigenvalue weighted by atomic mass is 35.5. The molecule has 1 saturated carbocycles. The van der Waals surface area contributed by atoms with Crippen LogP contribution in [0, 0.1) is 12.7 Å². The van der Waals surface area contributed by atoms with E-state index in [4.69, 9.17) is 25.5 Å². The van der Waals surface area contributed by atoms with Crippen LogP contribution in [0.2, 0.25) is 5.02 Å². The van der Waals surface area contributed by atoms with Gasteiger partial charge >= 0.3 is 6.08 Å². The summed E-state index contributed by atoms with van der Waals surface area (Å²) in [5, 5.41) is 11.1. The molecule has 0 radical (unpaired) electrons. The van der Waals surface area contributed by atoms with Crippen LogP contribution in [0.25, 0.3) is 0 Å².